The summed E-state index contributed by atoms with van der Waals surface area (Å²) in [6.07, 6.45) is 2.43. The smallest absolute Gasteiger partial charge is 0.292 e. The molecule has 0 aliphatic heterocycles. The zero-order valence-corrected chi connectivity index (χ0v) is 8.95. The van der Waals surface area contributed by atoms with Gasteiger partial charge in [0.1, 0.15) is 5.76 Å². The first-order valence-electron chi connectivity index (χ1n) is 4.91. The number of benzene rings is 1. The second-order valence-corrected chi connectivity index (χ2v) is 3.77. The van der Waals surface area contributed by atoms with Crippen molar-refractivity contribution in [1.82, 2.24) is 4.98 Å². The molecule has 0 aliphatic carbocycles. The van der Waals surface area contributed by atoms with Crippen LogP contribution in [0.3, 0.4) is 0 Å². The summed E-state index contributed by atoms with van der Waals surface area (Å²) in [7, 11) is 0. The van der Waals surface area contributed by atoms with Crippen molar-refractivity contribution in [2.75, 3.05) is 5.73 Å². The van der Waals surface area contributed by atoms with Crippen LogP contribution in [0.25, 0.3) is 0 Å². The highest BCUT2D eigenvalue weighted by Gasteiger charge is 2.04. The van der Waals surface area contributed by atoms with Gasteiger partial charge in [0.25, 0.3) is 6.01 Å². The molecule has 1 aromatic heterocycles. The van der Waals surface area contributed by atoms with Crippen molar-refractivity contribution in [3.63, 3.8) is 0 Å². The van der Waals surface area contributed by atoms with Crippen LogP contribution < -0.4 is 5.73 Å². The number of rotatable bonds is 2. The molecule has 0 spiro atoms. The standard InChI is InChI=1S/C12H14N2O/c1-8-3-4-9(2)10(5-8)6-11-7-14-12(13)15-11/h3-5,7H,6H2,1-2H3,(H2,13,14). The number of hydrogen-bond donors (Lipinski definition) is 1. The van der Waals surface area contributed by atoms with E-state index in [0.717, 1.165) is 12.2 Å². The van der Waals surface area contributed by atoms with Gasteiger partial charge in [-0.05, 0) is 25.0 Å². The van der Waals surface area contributed by atoms with E-state index < -0.39 is 0 Å². The molecule has 0 unspecified atom stereocenters. The summed E-state index contributed by atoms with van der Waals surface area (Å²) in [6.45, 7) is 4.17. The zero-order valence-electron chi connectivity index (χ0n) is 8.95. The summed E-state index contributed by atoms with van der Waals surface area (Å²) in [6, 6.07) is 6.61. The number of nitrogens with zero attached hydrogens (tertiary/aromatic N) is 1. The van der Waals surface area contributed by atoms with Crippen LogP contribution in [0.4, 0.5) is 6.01 Å². The Morgan fingerprint density at radius 2 is 2.13 bits per heavy atom. The Kier molecular flexibility index (Phi) is 2.46. The highest BCUT2D eigenvalue weighted by atomic mass is 16.4. The summed E-state index contributed by atoms with van der Waals surface area (Å²) in [5.74, 6) is 0.807. The number of aryl methyl sites for hydroxylation is 2. The Hall–Kier alpha value is -1.77. The van der Waals surface area contributed by atoms with Crippen LogP contribution >= 0.6 is 0 Å². The molecule has 2 rings (SSSR count). The third-order valence-corrected chi connectivity index (χ3v) is 2.44. The van der Waals surface area contributed by atoms with Crippen LogP contribution in [-0.4, -0.2) is 4.98 Å². The molecule has 3 nitrogen and oxygen atoms in total. The molecule has 15 heavy (non-hydrogen) atoms. The van der Waals surface area contributed by atoms with E-state index in [4.69, 9.17) is 10.2 Å². The van der Waals surface area contributed by atoms with E-state index in [1.54, 1.807) is 6.20 Å². The monoisotopic (exact) mass is 202 g/mol. The number of hydrogen-bond acceptors (Lipinski definition) is 3. The van der Waals surface area contributed by atoms with Gasteiger partial charge < -0.3 is 10.2 Å². The van der Waals surface area contributed by atoms with E-state index in [0.29, 0.717) is 0 Å². The Labute approximate surface area is 88.9 Å². The average Bonchev–Trinajstić information content (AvgIpc) is 2.58. The quantitative estimate of drug-likeness (QED) is 0.813. The molecule has 2 aromatic rings. The number of nitrogen functional groups attached to an aromatic ring is 1. The number of oxazole rings is 1. The third-order valence-electron chi connectivity index (χ3n) is 2.44. The van der Waals surface area contributed by atoms with Crippen LogP contribution in [-0.2, 0) is 6.42 Å². The highest BCUT2D eigenvalue weighted by Crippen LogP contribution is 2.16. The van der Waals surface area contributed by atoms with Crippen molar-refractivity contribution in [2.24, 2.45) is 0 Å². The average molecular weight is 202 g/mol. The molecule has 3 heteroatoms. The molecule has 0 atom stereocenters. The Morgan fingerprint density at radius 3 is 2.80 bits per heavy atom. The third kappa shape index (κ3) is 2.18. The topological polar surface area (TPSA) is 52.0 Å². The number of nitrogens with two attached hydrogens (primary N) is 1. The van der Waals surface area contributed by atoms with Crippen molar-refractivity contribution < 1.29 is 4.42 Å². The Morgan fingerprint density at radius 1 is 1.33 bits per heavy atom. The van der Waals surface area contributed by atoms with Gasteiger partial charge in [-0.1, -0.05) is 23.8 Å². The van der Waals surface area contributed by atoms with Crippen LogP contribution in [0.15, 0.2) is 28.8 Å². The first kappa shape index (κ1) is 9.77. The Balaban J connectivity index is 2.27. The van der Waals surface area contributed by atoms with E-state index in [2.05, 4.69) is 37.0 Å². The number of aromatic nitrogens is 1. The van der Waals surface area contributed by atoms with Gasteiger partial charge in [-0.2, -0.15) is 0 Å². The first-order valence-corrected chi connectivity index (χ1v) is 4.91. The van der Waals surface area contributed by atoms with Crippen molar-refractivity contribution in [1.29, 1.82) is 0 Å². The summed E-state index contributed by atoms with van der Waals surface area (Å²) < 4.78 is 5.25. The van der Waals surface area contributed by atoms with Crippen molar-refractivity contribution >= 4 is 6.01 Å². The molecule has 0 radical (unpaired) electrons. The van der Waals surface area contributed by atoms with E-state index in [1.165, 1.54) is 16.7 Å². The summed E-state index contributed by atoms with van der Waals surface area (Å²) in [5, 5.41) is 0. The van der Waals surface area contributed by atoms with Crippen LogP contribution in [0.2, 0.25) is 0 Å². The predicted molar refractivity (Wildman–Crippen MR) is 59.6 cm³/mol. The maximum atomic E-state index is 5.42. The van der Waals surface area contributed by atoms with Gasteiger partial charge in [0, 0.05) is 6.42 Å². The fourth-order valence-electron chi connectivity index (χ4n) is 1.58. The van der Waals surface area contributed by atoms with Gasteiger partial charge in [0.2, 0.25) is 0 Å². The van der Waals surface area contributed by atoms with Crippen LogP contribution in [0, 0.1) is 13.8 Å². The van der Waals surface area contributed by atoms with Crippen molar-refractivity contribution in [3.8, 4) is 0 Å². The van der Waals surface area contributed by atoms with Gasteiger partial charge in [-0.15, -0.1) is 0 Å². The molecule has 0 saturated heterocycles. The largest absolute Gasteiger partial charge is 0.429 e. The molecule has 0 bridgehead atoms. The lowest BCUT2D eigenvalue weighted by Crippen LogP contribution is -1.91. The molecule has 0 saturated carbocycles. The SMILES string of the molecule is Cc1ccc(C)c(Cc2cnc(N)o2)c1. The minimum Gasteiger partial charge on any atom is -0.429 e. The lowest BCUT2D eigenvalue weighted by atomic mass is 10.0. The van der Waals surface area contributed by atoms with Crippen LogP contribution in [0.1, 0.15) is 22.5 Å². The lowest BCUT2D eigenvalue weighted by Gasteiger charge is -2.04. The second-order valence-electron chi connectivity index (χ2n) is 3.77. The van der Waals surface area contributed by atoms with Crippen LogP contribution in [0.5, 0.6) is 0 Å². The highest BCUT2D eigenvalue weighted by molar-refractivity contribution is 5.33. The van der Waals surface area contributed by atoms with Gasteiger partial charge in [0.05, 0.1) is 6.20 Å². The van der Waals surface area contributed by atoms with Crippen molar-refractivity contribution in [3.05, 3.63) is 46.8 Å². The number of anilines is 1. The molecule has 1 aromatic carbocycles. The fraction of sp³-hybridized carbons (Fsp3) is 0.250. The van der Waals surface area contributed by atoms with E-state index in [-0.39, 0.29) is 6.01 Å². The maximum absolute atomic E-state index is 5.42. The maximum Gasteiger partial charge on any atom is 0.292 e. The summed E-state index contributed by atoms with van der Waals surface area (Å²) in [5.41, 5.74) is 9.19. The summed E-state index contributed by atoms with van der Waals surface area (Å²) in [4.78, 5) is 3.88. The molecule has 0 fully saturated rings. The molecule has 0 amide bonds. The van der Waals surface area contributed by atoms with Gasteiger partial charge in [0.15, 0.2) is 0 Å². The second kappa shape index (κ2) is 3.77. The predicted octanol–water partition coefficient (Wildman–Crippen LogP) is 2.46. The van der Waals surface area contributed by atoms with Gasteiger partial charge in [-0.25, -0.2) is 4.98 Å². The summed E-state index contributed by atoms with van der Waals surface area (Å²) >= 11 is 0. The van der Waals surface area contributed by atoms with E-state index in [1.807, 2.05) is 0 Å². The molecule has 0 aliphatic rings. The minimum atomic E-state index is 0.232. The first-order chi connectivity index (χ1) is 7.15. The molecule has 1 heterocycles. The van der Waals surface area contributed by atoms with Crippen molar-refractivity contribution in [2.45, 2.75) is 20.3 Å². The minimum absolute atomic E-state index is 0.232. The molecular formula is C12H14N2O. The van der Waals surface area contributed by atoms with Gasteiger partial charge >= 0.3 is 0 Å². The lowest BCUT2D eigenvalue weighted by molar-refractivity contribution is 0.534. The van der Waals surface area contributed by atoms with E-state index in [9.17, 15) is 0 Å². The fourth-order valence-corrected chi connectivity index (χ4v) is 1.58. The van der Waals surface area contributed by atoms with Gasteiger partial charge in [-0.3, -0.25) is 0 Å². The normalized spacial score (nSPS) is 10.5. The van der Waals surface area contributed by atoms with E-state index >= 15 is 0 Å². The molecular weight excluding hydrogens is 188 g/mol. The zero-order chi connectivity index (χ0) is 10.8. The molecule has 78 valence electrons. The Bertz CT molecular complexity index is 474. The molecule has 2 N–H and O–H groups in total.